The van der Waals surface area contributed by atoms with Gasteiger partial charge in [-0.05, 0) is 54.1 Å². The first-order valence-electron chi connectivity index (χ1n) is 8.41. The standard InChI is InChI=1S/C20H15F2N3O3S/c21-14-5-1-12(2-6-14)16-9-10-17(29-16)20(28)25-24-18(26)11-23-19(27)13-3-7-15(22)8-4-13/h1-10H,11H2,(H,23,27)(H,24,26)(H,25,28). The third-order valence-corrected chi connectivity index (χ3v) is 4.92. The van der Waals surface area contributed by atoms with Crippen molar-refractivity contribution in [2.45, 2.75) is 0 Å². The molecule has 1 aromatic heterocycles. The van der Waals surface area contributed by atoms with Crippen LogP contribution in [0.5, 0.6) is 0 Å². The lowest BCUT2D eigenvalue weighted by molar-refractivity contribution is -0.120. The van der Waals surface area contributed by atoms with Crippen LogP contribution in [0, 0.1) is 11.6 Å². The number of nitrogens with one attached hydrogen (secondary N) is 3. The first kappa shape index (κ1) is 20.2. The fourth-order valence-electron chi connectivity index (χ4n) is 2.33. The Kier molecular flexibility index (Phi) is 6.30. The molecule has 0 spiro atoms. The molecule has 0 radical (unpaired) electrons. The van der Waals surface area contributed by atoms with Crippen molar-refractivity contribution in [2.75, 3.05) is 6.54 Å². The molecule has 2 aromatic carbocycles. The number of amides is 3. The van der Waals surface area contributed by atoms with Gasteiger partial charge in [0.25, 0.3) is 17.7 Å². The molecule has 0 saturated heterocycles. The number of thiophene rings is 1. The zero-order valence-corrected chi connectivity index (χ0v) is 15.7. The number of hydrogen-bond acceptors (Lipinski definition) is 4. The van der Waals surface area contributed by atoms with Gasteiger partial charge in [0.15, 0.2) is 0 Å². The van der Waals surface area contributed by atoms with Gasteiger partial charge in [-0.3, -0.25) is 25.2 Å². The van der Waals surface area contributed by atoms with Crippen LogP contribution in [0.2, 0.25) is 0 Å². The summed E-state index contributed by atoms with van der Waals surface area (Å²) in [7, 11) is 0. The third-order valence-electron chi connectivity index (χ3n) is 3.79. The van der Waals surface area contributed by atoms with Gasteiger partial charge in [0, 0.05) is 10.4 Å². The highest BCUT2D eigenvalue weighted by atomic mass is 32.1. The highest BCUT2D eigenvalue weighted by Gasteiger charge is 2.12. The van der Waals surface area contributed by atoms with Crippen molar-refractivity contribution in [2.24, 2.45) is 0 Å². The molecule has 0 bridgehead atoms. The largest absolute Gasteiger partial charge is 0.343 e. The van der Waals surface area contributed by atoms with E-state index in [4.69, 9.17) is 0 Å². The van der Waals surface area contributed by atoms with Gasteiger partial charge in [0.05, 0.1) is 11.4 Å². The van der Waals surface area contributed by atoms with Crippen LogP contribution in [0.1, 0.15) is 20.0 Å². The van der Waals surface area contributed by atoms with E-state index < -0.39 is 23.5 Å². The van der Waals surface area contributed by atoms with E-state index in [-0.39, 0.29) is 17.9 Å². The van der Waals surface area contributed by atoms with Gasteiger partial charge in [0.2, 0.25) is 0 Å². The predicted molar refractivity (Wildman–Crippen MR) is 104 cm³/mol. The first-order valence-corrected chi connectivity index (χ1v) is 9.23. The van der Waals surface area contributed by atoms with Crippen LogP contribution < -0.4 is 16.2 Å². The van der Waals surface area contributed by atoms with Crippen LogP contribution in [0.25, 0.3) is 10.4 Å². The summed E-state index contributed by atoms with van der Waals surface area (Å²) < 4.78 is 25.8. The molecule has 1 heterocycles. The molecule has 0 atom stereocenters. The number of carbonyl (C=O) groups excluding carboxylic acids is 3. The van der Waals surface area contributed by atoms with Gasteiger partial charge in [0.1, 0.15) is 11.6 Å². The Balaban J connectivity index is 1.47. The Hall–Kier alpha value is -3.59. The molecule has 9 heteroatoms. The average Bonchev–Trinajstić information content (AvgIpc) is 3.21. The molecule has 3 rings (SSSR count). The van der Waals surface area contributed by atoms with Crippen LogP contribution in [-0.4, -0.2) is 24.3 Å². The van der Waals surface area contributed by atoms with E-state index in [9.17, 15) is 23.2 Å². The van der Waals surface area contributed by atoms with Gasteiger partial charge in [-0.25, -0.2) is 8.78 Å². The Bertz CT molecular complexity index is 1030. The summed E-state index contributed by atoms with van der Waals surface area (Å²) in [6.45, 7) is -0.373. The molecule has 3 amide bonds. The van der Waals surface area contributed by atoms with E-state index >= 15 is 0 Å². The fourth-order valence-corrected chi connectivity index (χ4v) is 3.23. The van der Waals surface area contributed by atoms with Crippen molar-refractivity contribution in [3.05, 3.63) is 82.7 Å². The second-order valence-corrected chi connectivity index (χ2v) is 6.95. The van der Waals surface area contributed by atoms with Gasteiger partial charge in [-0.1, -0.05) is 12.1 Å². The molecular formula is C20H15F2N3O3S. The second-order valence-electron chi connectivity index (χ2n) is 5.86. The maximum atomic E-state index is 13.0. The summed E-state index contributed by atoms with van der Waals surface area (Å²) in [5.41, 5.74) is 5.42. The van der Waals surface area contributed by atoms with E-state index in [1.54, 1.807) is 24.3 Å². The quantitative estimate of drug-likeness (QED) is 0.560. The van der Waals surface area contributed by atoms with Crippen molar-refractivity contribution in [3.8, 4) is 10.4 Å². The fraction of sp³-hybridized carbons (Fsp3) is 0.0500. The highest BCUT2D eigenvalue weighted by Crippen LogP contribution is 2.28. The molecular weight excluding hydrogens is 400 g/mol. The molecule has 0 saturated carbocycles. The van der Waals surface area contributed by atoms with Gasteiger partial charge in [-0.2, -0.15) is 0 Å². The molecule has 3 N–H and O–H groups in total. The average molecular weight is 415 g/mol. The molecule has 148 valence electrons. The zero-order valence-electron chi connectivity index (χ0n) is 14.9. The predicted octanol–water partition coefficient (Wildman–Crippen LogP) is 2.88. The van der Waals surface area contributed by atoms with Crippen molar-refractivity contribution in [1.29, 1.82) is 0 Å². The Labute approximate surface area is 168 Å². The maximum absolute atomic E-state index is 13.0. The summed E-state index contributed by atoms with van der Waals surface area (Å²) in [4.78, 5) is 36.9. The van der Waals surface area contributed by atoms with E-state index in [0.717, 1.165) is 22.6 Å². The molecule has 0 aliphatic carbocycles. The lowest BCUT2D eigenvalue weighted by atomic mass is 10.2. The summed E-state index contributed by atoms with van der Waals surface area (Å²) >= 11 is 1.18. The minimum atomic E-state index is -0.635. The third kappa shape index (κ3) is 5.45. The van der Waals surface area contributed by atoms with Crippen molar-refractivity contribution in [3.63, 3.8) is 0 Å². The van der Waals surface area contributed by atoms with Crippen LogP contribution >= 0.6 is 11.3 Å². The van der Waals surface area contributed by atoms with Gasteiger partial charge >= 0.3 is 0 Å². The summed E-state index contributed by atoms with van der Waals surface area (Å²) in [5, 5.41) is 2.36. The molecule has 6 nitrogen and oxygen atoms in total. The zero-order chi connectivity index (χ0) is 20.8. The molecule has 0 aliphatic heterocycles. The summed E-state index contributed by atoms with van der Waals surface area (Å²) in [6, 6.07) is 14.0. The van der Waals surface area contributed by atoms with Gasteiger partial charge in [-0.15, -0.1) is 11.3 Å². The maximum Gasteiger partial charge on any atom is 0.279 e. The van der Waals surface area contributed by atoms with Crippen molar-refractivity contribution < 1.29 is 23.2 Å². The number of carbonyl (C=O) groups is 3. The number of halogens is 2. The van der Waals surface area contributed by atoms with E-state index in [2.05, 4.69) is 16.2 Å². The number of hydrazine groups is 1. The molecule has 0 aliphatic rings. The topological polar surface area (TPSA) is 87.3 Å². The highest BCUT2D eigenvalue weighted by molar-refractivity contribution is 7.17. The summed E-state index contributed by atoms with van der Waals surface area (Å²) in [6.07, 6.45) is 0. The smallest absolute Gasteiger partial charge is 0.279 e. The minimum absolute atomic E-state index is 0.204. The normalized spacial score (nSPS) is 10.3. The van der Waals surface area contributed by atoms with Crippen molar-refractivity contribution >= 4 is 29.1 Å². The summed E-state index contributed by atoms with van der Waals surface area (Å²) in [5.74, 6) is -2.53. The molecule has 29 heavy (non-hydrogen) atoms. The molecule has 0 unspecified atom stereocenters. The number of benzene rings is 2. The van der Waals surface area contributed by atoms with Crippen molar-refractivity contribution in [1.82, 2.24) is 16.2 Å². The van der Waals surface area contributed by atoms with Crippen LogP contribution in [0.4, 0.5) is 8.78 Å². The molecule has 3 aromatic rings. The van der Waals surface area contributed by atoms with Gasteiger partial charge < -0.3 is 5.32 Å². The lowest BCUT2D eigenvalue weighted by Crippen LogP contribution is -2.46. The van der Waals surface area contributed by atoms with Crippen LogP contribution in [0.3, 0.4) is 0 Å². The van der Waals surface area contributed by atoms with E-state index in [0.29, 0.717) is 4.88 Å². The Morgan fingerprint density at radius 1 is 0.759 bits per heavy atom. The minimum Gasteiger partial charge on any atom is -0.343 e. The Morgan fingerprint density at radius 2 is 1.38 bits per heavy atom. The van der Waals surface area contributed by atoms with Crippen LogP contribution in [0.15, 0.2) is 60.7 Å². The number of hydrogen-bond donors (Lipinski definition) is 3. The monoisotopic (exact) mass is 415 g/mol. The van der Waals surface area contributed by atoms with E-state index in [1.165, 1.54) is 35.6 Å². The SMILES string of the molecule is O=C(CNC(=O)c1ccc(F)cc1)NNC(=O)c1ccc(-c2ccc(F)cc2)s1. The second kappa shape index (κ2) is 9.07. The Morgan fingerprint density at radius 3 is 2.03 bits per heavy atom. The van der Waals surface area contributed by atoms with Crippen LogP contribution in [-0.2, 0) is 4.79 Å². The number of rotatable bonds is 5. The van der Waals surface area contributed by atoms with E-state index in [1.807, 2.05) is 0 Å². The lowest BCUT2D eigenvalue weighted by Gasteiger charge is -2.07. The molecule has 0 fully saturated rings. The first-order chi connectivity index (χ1) is 13.9.